The normalized spacial score (nSPS) is 30.3. The zero-order chi connectivity index (χ0) is 7.23. The minimum absolute atomic E-state index is 0.833. The van der Waals surface area contributed by atoms with Crippen molar-refractivity contribution in [2.24, 2.45) is 0 Å². The fourth-order valence-corrected chi connectivity index (χ4v) is 0.721. The Morgan fingerprint density at radius 1 is 1.00 bits per heavy atom. The molecular formula is C7H17N3. The van der Waals surface area contributed by atoms with Crippen LogP contribution in [0.2, 0.25) is 0 Å². The molecule has 0 amide bonds. The number of hydrogen-bond donors (Lipinski definition) is 3. The van der Waals surface area contributed by atoms with Crippen LogP contribution in [0.4, 0.5) is 0 Å². The van der Waals surface area contributed by atoms with E-state index in [1.165, 1.54) is 6.54 Å². The maximum absolute atomic E-state index is 3.22. The standard InChI is InChI=1S/C4H10N2.C3H7N/c1-2-6-4-3-5-1;1-3-2-4-3/h5-6H,1-4H2;3-4H,2H2,1H3. The van der Waals surface area contributed by atoms with Gasteiger partial charge in [0.05, 0.1) is 0 Å². The van der Waals surface area contributed by atoms with Crippen LogP contribution < -0.4 is 16.0 Å². The van der Waals surface area contributed by atoms with Crippen molar-refractivity contribution in [3.05, 3.63) is 0 Å². The lowest BCUT2D eigenvalue weighted by Crippen LogP contribution is -2.39. The quantitative estimate of drug-likeness (QED) is 0.387. The van der Waals surface area contributed by atoms with Crippen LogP contribution in [-0.4, -0.2) is 38.8 Å². The van der Waals surface area contributed by atoms with Crippen molar-refractivity contribution in [2.75, 3.05) is 32.7 Å². The number of piperazine rings is 1. The summed E-state index contributed by atoms with van der Waals surface area (Å²) < 4.78 is 0. The highest BCUT2D eigenvalue weighted by Crippen LogP contribution is 1.88. The van der Waals surface area contributed by atoms with Gasteiger partial charge in [-0.25, -0.2) is 0 Å². The highest BCUT2D eigenvalue weighted by Gasteiger charge is 2.10. The zero-order valence-electron chi connectivity index (χ0n) is 6.61. The third-order valence-electron chi connectivity index (χ3n) is 1.57. The third kappa shape index (κ3) is 4.73. The summed E-state index contributed by atoms with van der Waals surface area (Å²) in [5, 5.41) is 9.54. The van der Waals surface area contributed by atoms with Crippen LogP contribution in [0.15, 0.2) is 0 Å². The van der Waals surface area contributed by atoms with Crippen LogP contribution in [0.3, 0.4) is 0 Å². The highest BCUT2D eigenvalue weighted by atomic mass is 15.1. The summed E-state index contributed by atoms with van der Waals surface area (Å²) in [4.78, 5) is 0. The van der Waals surface area contributed by atoms with Crippen LogP contribution in [0.1, 0.15) is 6.92 Å². The molecule has 3 nitrogen and oxygen atoms in total. The summed E-state index contributed by atoms with van der Waals surface area (Å²) in [7, 11) is 0. The molecule has 0 bridgehead atoms. The smallest absolute Gasteiger partial charge is 0.0164 e. The summed E-state index contributed by atoms with van der Waals surface area (Å²) in [6.07, 6.45) is 0. The lowest BCUT2D eigenvalue weighted by Gasteiger charge is -2.11. The summed E-state index contributed by atoms with van der Waals surface area (Å²) in [5.74, 6) is 0. The molecule has 2 saturated heterocycles. The van der Waals surface area contributed by atoms with E-state index in [-0.39, 0.29) is 0 Å². The van der Waals surface area contributed by atoms with Gasteiger partial charge in [0.2, 0.25) is 0 Å². The Labute approximate surface area is 62.6 Å². The van der Waals surface area contributed by atoms with E-state index in [0.717, 1.165) is 32.2 Å². The predicted molar refractivity (Wildman–Crippen MR) is 43.2 cm³/mol. The van der Waals surface area contributed by atoms with Crippen molar-refractivity contribution in [2.45, 2.75) is 13.0 Å². The summed E-state index contributed by atoms with van der Waals surface area (Å²) in [5.41, 5.74) is 0. The first kappa shape index (κ1) is 7.98. The number of rotatable bonds is 0. The molecular weight excluding hydrogens is 126 g/mol. The molecule has 0 aromatic carbocycles. The van der Waals surface area contributed by atoms with E-state index in [1.54, 1.807) is 0 Å². The second-order valence-corrected chi connectivity index (χ2v) is 2.81. The van der Waals surface area contributed by atoms with E-state index in [1.807, 2.05) is 0 Å². The Kier molecular flexibility index (Phi) is 3.72. The van der Waals surface area contributed by atoms with E-state index in [2.05, 4.69) is 22.9 Å². The predicted octanol–water partition coefficient (Wildman–Crippen LogP) is -0.843. The van der Waals surface area contributed by atoms with E-state index in [9.17, 15) is 0 Å². The van der Waals surface area contributed by atoms with Gasteiger partial charge in [0.1, 0.15) is 0 Å². The number of hydrogen-bond acceptors (Lipinski definition) is 3. The Morgan fingerprint density at radius 2 is 1.30 bits per heavy atom. The molecule has 0 spiro atoms. The second-order valence-electron chi connectivity index (χ2n) is 2.81. The second kappa shape index (κ2) is 4.66. The number of nitrogens with one attached hydrogen (secondary N) is 3. The fraction of sp³-hybridized carbons (Fsp3) is 1.00. The monoisotopic (exact) mass is 143 g/mol. The van der Waals surface area contributed by atoms with Gasteiger partial charge in [-0.3, -0.25) is 0 Å². The van der Waals surface area contributed by atoms with Crippen molar-refractivity contribution in [3.63, 3.8) is 0 Å². The van der Waals surface area contributed by atoms with Crippen LogP contribution >= 0.6 is 0 Å². The molecule has 2 fully saturated rings. The minimum Gasteiger partial charge on any atom is -0.314 e. The zero-order valence-corrected chi connectivity index (χ0v) is 6.61. The van der Waals surface area contributed by atoms with Crippen molar-refractivity contribution >= 4 is 0 Å². The van der Waals surface area contributed by atoms with E-state index >= 15 is 0 Å². The largest absolute Gasteiger partial charge is 0.314 e. The Hall–Kier alpha value is -0.120. The average Bonchev–Trinajstić information content (AvgIpc) is 2.77. The topological polar surface area (TPSA) is 46.0 Å². The highest BCUT2D eigenvalue weighted by molar-refractivity contribution is 4.76. The molecule has 0 aliphatic carbocycles. The van der Waals surface area contributed by atoms with Gasteiger partial charge in [-0.1, -0.05) is 0 Å². The van der Waals surface area contributed by atoms with Gasteiger partial charge < -0.3 is 16.0 Å². The molecule has 0 aromatic rings. The summed E-state index contributed by atoms with van der Waals surface area (Å²) in [6.45, 7) is 7.96. The molecule has 1 atom stereocenters. The molecule has 2 aliphatic rings. The van der Waals surface area contributed by atoms with Gasteiger partial charge in [0.15, 0.2) is 0 Å². The first-order chi connectivity index (χ1) is 4.89. The lowest BCUT2D eigenvalue weighted by molar-refractivity contribution is 0.534. The fourth-order valence-electron chi connectivity index (χ4n) is 0.721. The van der Waals surface area contributed by atoms with Gasteiger partial charge in [0.25, 0.3) is 0 Å². The van der Waals surface area contributed by atoms with Gasteiger partial charge in [-0.15, -0.1) is 0 Å². The van der Waals surface area contributed by atoms with Gasteiger partial charge in [0, 0.05) is 38.8 Å². The van der Waals surface area contributed by atoms with Crippen LogP contribution in [0, 0.1) is 0 Å². The Bertz CT molecular complexity index is 65.4. The molecule has 3 heteroatoms. The van der Waals surface area contributed by atoms with Crippen molar-refractivity contribution in [3.8, 4) is 0 Å². The van der Waals surface area contributed by atoms with E-state index in [0.29, 0.717) is 0 Å². The van der Waals surface area contributed by atoms with Crippen LogP contribution in [-0.2, 0) is 0 Å². The van der Waals surface area contributed by atoms with E-state index in [4.69, 9.17) is 0 Å². The summed E-state index contributed by atoms with van der Waals surface area (Å²) in [6, 6.07) is 0.833. The van der Waals surface area contributed by atoms with Crippen LogP contribution in [0.5, 0.6) is 0 Å². The first-order valence-electron chi connectivity index (χ1n) is 4.04. The molecule has 10 heavy (non-hydrogen) atoms. The Balaban J connectivity index is 0.000000108. The maximum atomic E-state index is 3.22. The van der Waals surface area contributed by atoms with Gasteiger partial charge in [-0.2, -0.15) is 0 Å². The minimum atomic E-state index is 0.833. The molecule has 3 N–H and O–H groups in total. The SMILES string of the molecule is C1CNCCN1.CC1CN1. The molecule has 1 unspecified atom stereocenters. The first-order valence-corrected chi connectivity index (χ1v) is 4.04. The molecule has 0 saturated carbocycles. The van der Waals surface area contributed by atoms with Crippen molar-refractivity contribution in [1.29, 1.82) is 0 Å². The van der Waals surface area contributed by atoms with Gasteiger partial charge in [-0.05, 0) is 6.92 Å². The van der Waals surface area contributed by atoms with Crippen molar-refractivity contribution < 1.29 is 0 Å². The molecule has 2 aliphatic heterocycles. The third-order valence-corrected chi connectivity index (χ3v) is 1.57. The average molecular weight is 143 g/mol. The molecule has 60 valence electrons. The van der Waals surface area contributed by atoms with Crippen molar-refractivity contribution in [1.82, 2.24) is 16.0 Å². The molecule has 0 aromatic heterocycles. The lowest BCUT2D eigenvalue weighted by atomic mass is 10.4. The molecule has 2 rings (SSSR count). The Morgan fingerprint density at radius 3 is 1.40 bits per heavy atom. The molecule has 2 heterocycles. The van der Waals surface area contributed by atoms with Gasteiger partial charge >= 0.3 is 0 Å². The maximum Gasteiger partial charge on any atom is 0.0164 e. The summed E-state index contributed by atoms with van der Waals surface area (Å²) >= 11 is 0. The molecule has 0 radical (unpaired) electrons. The van der Waals surface area contributed by atoms with E-state index < -0.39 is 0 Å². The van der Waals surface area contributed by atoms with Crippen LogP contribution in [0.25, 0.3) is 0 Å².